The van der Waals surface area contributed by atoms with E-state index in [2.05, 4.69) is 49.3 Å². The number of nitrogens with zero attached hydrogens (tertiary/aromatic N) is 3. The first kappa shape index (κ1) is 21.2. The van der Waals surface area contributed by atoms with E-state index in [0.717, 1.165) is 23.4 Å². The fourth-order valence-corrected chi connectivity index (χ4v) is 4.52. The summed E-state index contributed by atoms with van der Waals surface area (Å²) >= 11 is 6.56. The molecule has 31 heavy (non-hydrogen) atoms. The monoisotopic (exact) mass is 434 g/mol. The van der Waals surface area contributed by atoms with Crippen LogP contribution in [0.2, 0.25) is 5.02 Å². The quantitative estimate of drug-likeness (QED) is 0.428. The molecule has 1 aliphatic rings. The molecule has 0 bridgehead atoms. The first-order valence-corrected chi connectivity index (χ1v) is 10.8. The van der Waals surface area contributed by atoms with Gasteiger partial charge in [-0.3, -0.25) is 4.79 Å². The highest BCUT2D eigenvalue weighted by Gasteiger charge is 2.34. The van der Waals surface area contributed by atoms with Crippen molar-refractivity contribution in [2.45, 2.75) is 38.6 Å². The topological polar surface area (TPSA) is 49.6 Å². The lowest BCUT2D eigenvalue weighted by Gasteiger charge is -2.45. The number of anilines is 1. The Balaban J connectivity index is 1.56. The average Bonchev–Trinajstić information content (AvgIpc) is 3.27. The van der Waals surface area contributed by atoms with Crippen molar-refractivity contribution in [1.82, 2.24) is 9.99 Å². The SMILES string of the molecule is C[C@H]1CC(C)(C)N(C)c2cc(Cl)c(/C=N\NC(=O)c3ccccc3-n3cccc3)cc21. The first-order valence-electron chi connectivity index (χ1n) is 10.4. The van der Waals surface area contributed by atoms with Crippen molar-refractivity contribution in [3.63, 3.8) is 0 Å². The van der Waals surface area contributed by atoms with E-state index in [1.165, 1.54) is 5.56 Å². The van der Waals surface area contributed by atoms with E-state index in [1.807, 2.05) is 53.4 Å². The summed E-state index contributed by atoms with van der Waals surface area (Å²) in [5.74, 6) is 0.137. The fraction of sp³-hybridized carbons (Fsp3) is 0.280. The number of hydrazone groups is 1. The zero-order chi connectivity index (χ0) is 22.2. The lowest BCUT2D eigenvalue weighted by atomic mass is 9.80. The maximum Gasteiger partial charge on any atom is 0.273 e. The lowest BCUT2D eigenvalue weighted by Crippen LogP contribution is -2.45. The minimum atomic E-state index is -0.274. The van der Waals surface area contributed by atoms with Gasteiger partial charge in [0.2, 0.25) is 0 Å². The average molecular weight is 435 g/mol. The van der Waals surface area contributed by atoms with Crippen LogP contribution in [0.15, 0.2) is 66.0 Å². The van der Waals surface area contributed by atoms with E-state index in [1.54, 1.807) is 12.3 Å². The summed E-state index contributed by atoms with van der Waals surface area (Å²) in [6.45, 7) is 6.73. The van der Waals surface area contributed by atoms with Gasteiger partial charge in [0.05, 0.1) is 22.5 Å². The molecule has 0 saturated carbocycles. The molecule has 1 amide bonds. The molecule has 0 aliphatic carbocycles. The van der Waals surface area contributed by atoms with Crippen molar-refractivity contribution in [2.75, 3.05) is 11.9 Å². The molecule has 0 radical (unpaired) electrons. The molecule has 1 N–H and O–H groups in total. The molecule has 2 heterocycles. The standard InChI is InChI=1S/C25H27ClN4O/c1-17-15-25(2,3)29(4)23-14-21(26)18(13-20(17)23)16-27-28-24(31)19-9-5-6-10-22(19)30-11-7-8-12-30/h5-14,16-17H,15H2,1-4H3,(H,28,31)/b27-16-/t17-/m0/s1. The third-order valence-electron chi connectivity index (χ3n) is 6.15. The van der Waals surface area contributed by atoms with Crippen LogP contribution in [0.1, 0.15) is 54.6 Å². The van der Waals surface area contributed by atoms with Gasteiger partial charge in [-0.2, -0.15) is 5.10 Å². The summed E-state index contributed by atoms with van der Waals surface area (Å²) in [5.41, 5.74) is 7.24. The van der Waals surface area contributed by atoms with E-state index < -0.39 is 0 Å². The Morgan fingerprint density at radius 3 is 2.61 bits per heavy atom. The van der Waals surface area contributed by atoms with Gasteiger partial charge in [-0.1, -0.05) is 30.7 Å². The van der Waals surface area contributed by atoms with Crippen molar-refractivity contribution < 1.29 is 4.79 Å². The van der Waals surface area contributed by atoms with Gasteiger partial charge < -0.3 is 9.47 Å². The number of hydrogen-bond acceptors (Lipinski definition) is 3. The molecule has 0 unspecified atom stereocenters. The maximum atomic E-state index is 12.8. The first-order chi connectivity index (χ1) is 14.8. The van der Waals surface area contributed by atoms with Crippen molar-refractivity contribution in [3.8, 4) is 5.69 Å². The predicted molar refractivity (Wildman–Crippen MR) is 128 cm³/mol. The van der Waals surface area contributed by atoms with Crippen LogP contribution in [0.25, 0.3) is 5.69 Å². The molecule has 3 aromatic rings. The van der Waals surface area contributed by atoms with E-state index in [0.29, 0.717) is 16.5 Å². The molecular formula is C25H27ClN4O. The summed E-state index contributed by atoms with van der Waals surface area (Å²) in [4.78, 5) is 15.0. The predicted octanol–water partition coefficient (Wildman–Crippen LogP) is 5.62. The number of aromatic nitrogens is 1. The Hall–Kier alpha value is -3.05. The normalized spacial score (nSPS) is 17.6. The summed E-state index contributed by atoms with van der Waals surface area (Å²) < 4.78 is 1.90. The van der Waals surface area contributed by atoms with Crippen molar-refractivity contribution in [1.29, 1.82) is 0 Å². The van der Waals surface area contributed by atoms with Crippen LogP contribution < -0.4 is 10.3 Å². The molecule has 0 spiro atoms. The molecule has 4 rings (SSSR count). The van der Waals surface area contributed by atoms with Crippen LogP contribution in [0.3, 0.4) is 0 Å². The number of halogens is 1. The van der Waals surface area contributed by atoms with Gasteiger partial charge in [-0.15, -0.1) is 0 Å². The molecule has 0 saturated heterocycles. The zero-order valence-corrected chi connectivity index (χ0v) is 19.0. The number of hydrogen-bond donors (Lipinski definition) is 1. The number of nitrogens with one attached hydrogen (secondary N) is 1. The largest absolute Gasteiger partial charge is 0.369 e. The Morgan fingerprint density at radius 2 is 1.87 bits per heavy atom. The second-order valence-corrected chi connectivity index (χ2v) is 9.12. The number of carbonyl (C=O) groups excluding carboxylic acids is 1. The molecule has 160 valence electrons. The van der Waals surface area contributed by atoms with Gasteiger partial charge in [0.25, 0.3) is 5.91 Å². The third kappa shape index (κ3) is 4.10. The fourth-order valence-electron chi connectivity index (χ4n) is 4.31. The molecule has 1 atom stereocenters. The van der Waals surface area contributed by atoms with Gasteiger partial charge >= 0.3 is 0 Å². The zero-order valence-electron chi connectivity index (χ0n) is 18.3. The van der Waals surface area contributed by atoms with E-state index in [9.17, 15) is 4.79 Å². The molecule has 1 aliphatic heterocycles. The summed E-state index contributed by atoms with van der Waals surface area (Å²) in [6.07, 6.45) is 6.48. The van der Waals surface area contributed by atoms with Gasteiger partial charge in [-0.05, 0) is 68.1 Å². The van der Waals surface area contributed by atoms with Crippen LogP contribution in [-0.2, 0) is 0 Å². The smallest absolute Gasteiger partial charge is 0.273 e. The Bertz CT molecular complexity index is 1130. The molecule has 2 aromatic carbocycles. The second-order valence-electron chi connectivity index (χ2n) is 8.72. The van der Waals surface area contributed by atoms with Crippen LogP contribution in [0.5, 0.6) is 0 Å². The summed E-state index contributed by atoms with van der Waals surface area (Å²) in [5, 5.41) is 4.80. The van der Waals surface area contributed by atoms with Crippen LogP contribution in [-0.4, -0.2) is 29.3 Å². The van der Waals surface area contributed by atoms with E-state index >= 15 is 0 Å². The molecule has 0 fully saturated rings. The van der Waals surface area contributed by atoms with E-state index in [4.69, 9.17) is 11.6 Å². The van der Waals surface area contributed by atoms with Gasteiger partial charge in [0.15, 0.2) is 0 Å². The van der Waals surface area contributed by atoms with E-state index in [-0.39, 0.29) is 11.4 Å². The number of rotatable bonds is 4. The van der Waals surface area contributed by atoms with Crippen molar-refractivity contribution in [2.24, 2.45) is 5.10 Å². The van der Waals surface area contributed by atoms with Crippen LogP contribution in [0, 0.1) is 0 Å². The van der Waals surface area contributed by atoms with Crippen LogP contribution in [0.4, 0.5) is 5.69 Å². The Kier molecular flexibility index (Phi) is 5.63. The highest BCUT2D eigenvalue weighted by Crippen LogP contribution is 2.44. The highest BCUT2D eigenvalue weighted by atomic mass is 35.5. The number of benzene rings is 2. The highest BCUT2D eigenvalue weighted by molar-refractivity contribution is 6.33. The summed E-state index contributed by atoms with van der Waals surface area (Å²) in [7, 11) is 2.11. The van der Waals surface area contributed by atoms with Crippen molar-refractivity contribution in [3.05, 3.63) is 82.6 Å². The van der Waals surface area contributed by atoms with Gasteiger partial charge in [-0.25, -0.2) is 5.43 Å². The van der Waals surface area contributed by atoms with Crippen molar-refractivity contribution >= 4 is 29.4 Å². The minimum Gasteiger partial charge on any atom is -0.369 e. The minimum absolute atomic E-state index is 0.0758. The summed E-state index contributed by atoms with van der Waals surface area (Å²) in [6, 6.07) is 15.3. The lowest BCUT2D eigenvalue weighted by molar-refractivity contribution is 0.0955. The number of para-hydroxylation sites is 1. The number of carbonyl (C=O) groups is 1. The molecule has 1 aromatic heterocycles. The molecule has 5 nitrogen and oxygen atoms in total. The number of fused-ring (bicyclic) bond motifs is 1. The third-order valence-corrected chi connectivity index (χ3v) is 6.48. The molecular weight excluding hydrogens is 408 g/mol. The number of amides is 1. The van der Waals surface area contributed by atoms with Gasteiger partial charge in [0, 0.05) is 36.2 Å². The van der Waals surface area contributed by atoms with Crippen LogP contribution >= 0.6 is 11.6 Å². The van der Waals surface area contributed by atoms with Gasteiger partial charge in [0.1, 0.15) is 0 Å². The maximum absolute atomic E-state index is 12.8. The second kappa shape index (κ2) is 8.23. The Morgan fingerprint density at radius 1 is 1.16 bits per heavy atom. The molecule has 6 heteroatoms. The Labute approximate surface area is 188 Å².